The minimum absolute atomic E-state index is 0.152. The Bertz CT molecular complexity index is 657. The van der Waals surface area contributed by atoms with Gasteiger partial charge in [0.05, 0.1) is 5.69 Å². The SMILES string of the molecule is O=C(O)c1csc(C(=O)Nc2cccc(F)c2F)n1. The van der Waals surface area contributed by atoms with E-state index in [2.05, 4.69) is 10.3 Å². The van der Waals surface area contributed by atoms with Crippen LogP contribution in [0.1, 0.15) is 20.3 Å². The van der Waals surface area contributed by atoms with Crippen LogP contribution in [0.5, 0.6) is 0 Å². The molecule has 1 aromatic carbocycles. The number of anilines is 1. The molecule has 0 unspecified atom stereocenters. The molecule has 2 rings (SSSR count). The third kappa shape index (κ3) is 2.74. The molecule has 0 aliphatic carbocycles. The highest BCUT2D eigenvalue weighted by molar-refractivity contribution is 7.12. The fourth-order valence-electron chi connectivity index (χ4n) is 1.25. The second-order valence-electron chi connectivity index (χ2n) is 3.40. The molecule has 0 fully saturated rings. The highest BCUT2D eigenvalue weighted by Crippen LogP contribution is 2.18. The normalized spacial score (nSPS) is 10.2. The number of carboxylic acid groups (broad SMARTS) is 1. The van der Waals surface area contributed by atoms with E-state index in [1.807, 2.05) is 0 Å². The minimum Gasteiger partial charge on any atom is -0.476 e. The Morgan fingerprint density at radius 3 is 2.68 bits per heavy atom. The predicted octanol–water partition coefficient (Wildman–Crippen LogP) is 2.37. The van der Waals surface area contributed by atoms with Crippen molar-refractivity contribution in [3.8, 4) is 0 Å². The Morgan fingerprint density at radius 1 is 1.32 bits per heavy atom. The number of nitrogens with zero attached hydrogens (tertiary/aromatic N) is 1. The predicted molar refractivity (Wildman–Crippen MR) is 63.4 cm³/mol. The zero-order valence-corrected chi connectivity index (χ0v) is 10.0. The molecule has 19 heavy (non-hydrogen) atoms. The van der Waals surface area contributed by atoms with Crippen molar-refractivity contribution in [1.82, 2.24) is 4.98 Å². The number of aromatic nitrogens is 1. The number of halogens is 2. The molecule has 1 amide bonds. The van der Waals surface area contributed by atoms with Crippen LogP contribution in [0.25, 0.3) is 0 Å². The number of thiazole rings is 1. The summed E-state index contributed by atoms with van der Waals surface area (Å²) in [6.07, 6.45) is 0. The van der Waals surface area contributed by atoms with Crippen LogP contribution in [0.3, 0.4) is 0 Å². The maximum Gasteiger partial charge on any atom is 0.355 e. The van der Waals surface area contributed by atoms with Gasteiger partial charge in [-0.3, -0.25) is 4.79 Å². The summed E-state index contributed by atoms with van der Waals surface area (Å²) in [6.45, 7) is 0. The molecule has 0 spiro atoms. The summed E-state index contributed by atoms with van der Waals surface area (Å²) >= 11 is 0.795. The lowest BCUT2D eigenvalue weighted by molar-refractivity contribution is 0.0691. The largest absolute Gasteiger partial charge is 0.476 e. The second kappa shape index (κ2) is 5.11. The quantitative estimate of drug-likeness (QED) is 0.906. The highest BCUT2D eigenvalue weighted by Gasteiger charge is 2.17. The number of amides is 1. The molecule has 1 heterocycles. The van der Waals surface area contributed by atoms with Crippen LogP contribution in [0.15, 0.2) is 23.6 Å². The van der Waals surface area contributed by atoms with Gasteiger partial charge in [0.2, 0.25) is 0 Å². The maximum absolute atomic E-state index is 13.3. The molecular formula is C11H6F2N2O3S. The molecular weight excluding hydrogens is 278 g/mol. The number of carbonyl (C=O) groups is 2. The van der Waals surface area contributed by atoms with Crippen molar-refractivity contribution in [2.75, 3.05) is 5.32 Å². The summed E-state index contributed by atoms with van der Waals surface area (Å²) in [5.41, 5.74) is -0.619. The Kier molecular flexibility index (Phi) is 3.52. The fourth-order valence-corrected chi connectivity index (χ4v) is 1.94. The minimum atomic E-state index is -1.27. The molecule has 0 radical (unpaired) electrons. The van der Waals surface area contributed by atoms with E-state index in [1.165, 1.54) is 17.5 Å². The molecule has 0 saturated carbocycles. The van der Waals surface area contributed by atoms with Gasteiger partial charge in [0.1, 0.15) is 0 Å². The molecule has 0 bridgehead atoms. The molecule has 1 aromatic heterocycles. The van der Waals surface area contributed by atoms with E-state index in [9.17, 15) is 18.4 Å². The highest BCUT2D eigenvalue weighted by atomic mass is 32.1. The Labute approximate surface area is 109 Å². The van der Waals surface area contributed by atoms with Crippen molar-refractivity contribution < 1.29 is 23.5 Å². The van der Waals surface area contributed by atoms with Gasteiger partial charge in [-0.15, -0.1) is 11.3 Å². The van der Waals surface area contributed by atoms with Crippen LogP contribution in [-0.2, 0) is 0 Å². The van der Waals surface area contributed by atoms with Gasteiger partial charge in [-0.05, 0) is 12.1 Å². The van der Waals surface area contributed by atoms with Gasteiger partial charge >= 0.3 is 5.97 Å². The summed E-state index contributed by atoms with van der Waals surface area (Å²) in [4.78, 5) is 25.8. The maximum atomic E-state index is 13.3. The van der Waals surface area contributed by atoms with Crippen molar-refractivity contribution in [3.63, 3.8) is 0 Å². The number of carbonyl (C=O) groups excluding carboxylic acids is 1. The van der Waals surface area contributed by atoms with Crippen molar-refractivity contribution in [3.05, 3.63) is 45.9 Å². The van der Waals surface area contributed by atoms with Crippen LogP contribution in [-0.4, -0.2) is 22.0 Å². The van der Waals surface area contributed by atoms with E-state index in [-0.39, 0.29) is 16.4 Å². The summed E-state index contributed by atoms with van der Waals surface area (Å²) < 4.78 is 26.2. The Hall–Kier alpha value is -2.35. The molecule has 0 aliphatic heterocycles. The van der Waals surface area contributed by atoms with Gasteiger partial charge in [0, 0.05) is 5.38 Å². The number of nitrogens with one attached hydrogen (secondary N) is 1. The van der Waals surface area contributed by atoms with E-state index in [4.69, 9.17) is 5.11 Å². The average Bonchev–Trinajstić information content (AvgIpc) is 2.84. The lowest BCUT2D eigenvalue weighted by Gasteiger charge is -2.04. The average molecular weight is 284 g/mol. The lowest BCUT2D eigenvalue weighted by Crippen LogP contribution is -2.13. The first-order valence-electron chi connectivity index (χ1n) is 4.93. The molecule has 5 nitrogen and oxygen atoms in total. The first kappa shape index (κ1) is 13.1. The molecule has 2 aromatic rings. The molecule has 2 N–H and O–H groups in total. The van der Waals surface area contributed by atoms with Gasteiger partial charge < -0.3 is 10.4 Å². The number of benzene rings is 1. The molecule has 0 aliphatic rings. The number of carboxylic acids is 1. The van der Waals surface area contributed by atoms with Gasteiger partial charge in [-0.2, -0.15) is 0 Å². The number of rotatable bonds is 3. The molecule has 0 saturated heterocycles. The third-order valence-electron chi connectivity index (χ3n) is 2.12. The van der Waals surface area contributed by atoms with Gasteiger partial charge in [-0.1, -0.05) is 6.07 Å². The molecule has 98 valence electrons. The van der Waals surface area contributed by atoms with Gasteiger partial charge in [0.15, 0.2) is 22.3 Å². The van der Waals surface area contributed by atoms with Gasteiger partial charge in [0.25, 0.3) is 5.91 Å². The van der Waals surface area contributed by atoms with Crippen LogP contribution in [0.2, 0.25) is 0 Å². The third-order valence-corrected chi connectivity index (χ3v) is 2.96. The number of hydrogen-bond donors (Lipinski definition) is 2. The van der Waals surface area contributed by atoms with Crippen LogP contribution < -0.4 is 5.32 Å². The van der Waals surface area contributed by atoms with E-state index in [0.29, 0.717) is 0 Å². The molecule has 0 atom stereocenters. The smallest absolute Gasteiger partial charge is 0.355 e. The Morgan fingerprint density at radius 2 is 2.05 bits per heavy atom. The van der Waals surface area contributed by atoms with Crippen LogP contribution >= 0.6 is 11.3 Å². The Balaban J connectivity index is 2.21. The standard InChI is InChI=1S/C11H6F2N2O3S/c12-5-2-1-3-6(8(5)13)14-9(16)10-15-7(4-19-10)11(17)18/h1-4H,(H,14,16)(H,17,18). The monoisotopic (exact) mass is 284 g/mol. The van der Waals surface area contributed by atoms with Crippen LogP contribution in [0.4, 0.5) is 14.5 Å². The van der Waals surface area contributed by atoms with E-state index in [1.54, 1.807) is 0 Å². The number of aromatic carboxylic acids is 1. The molecule has 8 heteroatoms. The summed E-state index contributed by atoms with van der Waals surface area (Å²) in [5.74, 6) is -4.36. The first-order valence-corrected chi connectivity index (χ1v) is 5.81. The van der Waals surface area contributed by atoms with E-state index in [0.717, 1.165) is 17.4 Å². The van der Waals surface area contributed by atoms with Crippen molar-refractivity contribution in [1.29, 1.82) is 0 Å². The zero-order chi connectivity index (χ0) is 14.0. The first-order chi connectivity index (χ1) is 8.99. The fraction of sp³-hybridized carbons (Fsp3) is 0. The van der Waals surface area contributed by atoms with E-state index >= 15 is 0 Å². The second-order valence-corrected chi connectivity index (χ2v) is 4.26. The zero-order valence-electron chi connectivity index (χ0n) is 9.18. The van der Waals surface area contributed by atoms with Crippen LogP contribution in [0, 0.1) is 11.6 Å². The summed E-state index contributed by atoms with van der Waals surface area (Å²) in [7, 11) is 0. The van der Waals surface area contributed by atoms with Crippen molar-refractivity contribution in [2.45, 2.75) is 0 Å². The summed E-state index contributed by atoms with van der Waals surface area (Å²) in [5, 5.41) is 11.8. The van der Waals surface area contributed by atoms with Crippen molar-refractivity contribution >= 4 is 28.9 Å². The van der Waals surface area contributed by atoms with E-state index < -0.39 is 23.5 Å². The number of hydrogen-bond acceptors (Lipinski definition) is 4. The van der Waals surface area contributed by atoms with Crippen molar-refractivity contribution in [2.24, 2.45) is 0 Å². The summed E-state index contributed by atoms with van der Waals surface area (Å²) in [6, 6.07) is 3.33. The van der Waals surface area contributed by atoms with Gasteiger partial charge in [-0.25, -0.2) is 18.6 Å². The topological polar surface area (TPSA) is 79.3 Å². The lowest BCUT2D eigenvalue weighted by atomic mass is 10.3.